The van der Waals surface area contributed by atoms with Crippen LogP contribution < -0.4 is 9.27 Å². The Morgan fingerprint density at radius 1 is 1.50 bits per heavy atom. The first-order valence-corrected chi connectivity index (χ1v) is 11.0. The van der Waals surface area contributed by atoms with E-state index in [1.807, 2.05) is 0 Å². The summed E-state index contributed by atoms with van der Waals surface area (Å²) < 4.78 is 2.99. The van der Waals surface area contributed by atoms with Crippen LogP contribution in [0.25, 0.3) is 0 Å². The summed E-state index contributed by atoms with van der Waals surface area (Å²) in [5.74, 6) is 0. The Morgan fingerprint density at radius 3 is 2.50 bits per heavy atom. The van der Waals surface area contributed by atoms with E-state index < -0.39 is 17.8 Å². The van der Waals surface area contributed by atoms with Crippen LogP contribution in [0.4, 0.5) is 0 Å². The van der Waals surface area contributed by atoms with Crippen molar-refractivity contribution in [3.05, 3.63) is 0 Å². The van der Waals surface area contributed by atoms with Crippen LogP contribution in [0.2, 0.25) is 0 Å². The third-order valence-corrected chi connectivity index (χ3v) is 3.91. The van der Waals surface area contributed by atoms with Gasteiger partial charge in [0.05, 0.1) is 0 Å². The first kappa shape index (κ1) is 9.30. The van der Waals surface area contributed by atoms with Crippen LogP contribution in [0.5, 0.6) is 0 Å². The second-order valence-corrected chi connectivity index (χ2v) is 10.2. The fourth-order valence-corrected chi connectivity index (χ4v) is 2.60. The summed E-state index contributed by atoms with van der Waals surface area (Å²) in [4.78, 5) is 0. The molecule has 1 radical (unpaired) electrons. The summed E-state index contributed by atoms with van der Waals surface area (Å²) in [6.07, 6.45) is 0.962. The van der Waals surface area contributed by atoms with Crippen molar-refractivity contribution in [3.8, 4) is 0 Å². The van der Waals surface area contributed by atoms with Crippen LogP contribution >= 0.6 is 17.8 Å². The predicted molar refractivity (Wildman–Crippen MR) is 39.1 cm³/mol. The second kappa shape index (κ2) is 6.42. The Morgan fingerprint density at radius 2 is 2.12 bits per heavy atom. The fourth-order valence-electron chi connectivity index (χ4n) is 0.285. The SMILES string of the molecule is NCCC[NH][Sn]([Cl])[Cl]. The van der Waals surface area contributed by atoms with Gasteiger partial charge in [-0.1, -0.05) is 0 Å². The van der Waals surface area contributed by atoms with Crippen molar-refractivity contribution in [2.24, 2.45) is 5.73 Å². The van der Waals surface area contributed by atoms with E-state index in [9.17, 15) is 0 Å². The standard InChI is InChI=1S/C3H9N2.2ClH.Sn/c4-2-1-3-5;;;/h4H,1-3,5H2;2*1H;/q-1;;;+3/p-2. The summed E-state index contributed by atoms with van der Waals surface area (Å²) in [6.45, 7) is 1.58. The minimum absolute atomic E-state index is 0.706. The summed E-state index contributed by atoms with van der Waals surface area (Å²) in [7, 11) is 11.0. The Labute approximate surface area is 64.2 Å². The average Bonchev–Trinajstić information content (AvgIpc) is 1.66. The molecule has 0 aromatic heterocycles. The van der Waals surface area contributed by atoms with Crippen molar-refractivity contribution in [2.75, 3.05) is 13.1 Å². The number of halogens is 2. The molecule has 0 aromatic rings. The molecule has 0 heterocycles. The summed E-state index contributed by atoms with van der Waals surface area (Å²) in [5.41, 5.74) is 5.21. The van der Waals surface area contributed by atoms with Crippen molar-refractivity contribution in [2.45, 2.75) is 6.42 Å². The predicted octanol–water partition coefficient (Wildman–Crippen LogP) is 0.387. The number of nitrogens with one attached hydrogen (secondary N) is 1. The van der Waals surface area contributed by atoms with E-state index in [4.69, 9.17) is 23.6 Å². The van der Waals surface area contributed by atoms with Crippen LogP contribution in [-0.4, -0.2) is 30.9 Å². The topological polar surface area (TPSA) is 38.0 Å². The molecule has 0 aliphatic rings. The van der Waals surface area contributed by atoms with E-state index >= 15 is 0 Å². The van der Waals surface area contributed by atoms with Gasteiger partial charge in [0.15, 0.2) is 0 Å². The normalized spacial score (nSPS) is 10.5. The summed E-state index contributed by atoms with van der Waals surface area (Å²) in [6, 6.07) is 0. The zero-order valence-electron chi connectivity index (χ0n) is 4.45. The van der Waals surface area contributed by atoms with E-state index in [-0.39, 0.29) is 0 Å². The van der Waals surface area contributed by atoms with E-state index in [1.165, 1.54) is 0 Å². The molecule has 0 aromatic carbocycles. The molecule has 0 saturated heterocycles. The quantitative estimate of drug-likeness (QED) is 0.568. The van der Waals surface area contributed by atoms with Gasteiger partial charge in [0.25, 0.3) is 0 Å². The second-order valence-electron chi connectivity index (χ2n) is 1.33. The van der Waals surface area contributed by atoms with Gasteiger partial charge in [0.2, 0.25) is 0 Å². The first-order valence-electron chi connectivity index (χ1n) is 2.39. The molecule has 0 saturated carbocycles. The molecule has 0 aliphatic carbocycles. The van der Waals surface area contributed by atoms with Crippen molar-refractivity contribution < 1.29 is 0 Å². The van der Waals surface area contributed by atoms with Crippen molar-refractivity contribution in [3.63, 3.8) is 0 Å². The monoisotopic (exact) mass is 263 g/mol. The van der Waals surface area contributed by atoms with Gasteiger partial charge in [-0.2, -0.15) is 0 Å². The van der Waals surface area contributed by atoms with Gasteiger partial charge < -0.3 is 0 Å². The van der Waals surface area contributed by atoms with Crippen LogP contribution in [0.1, 0.15) is 6.42 Å². The van der Waals surface area contributed by atoms with Gasteiger partial charge in [-0.15, -0.1) is 0 Å². The van der Waals surface area contributed by atoms with Gasteiger partial charge in [-0.3, -0.25) is 0 Å². The molecule has 0 atom stereocenters. The molecule has 0 aliphatic heterocycles. The zero-order chi connectivity index (χ0) is 6.41. The average molecular weight is 263 g/mol. The van der Waals surface area contributed by atoms with Crippen LogP contribution in [0, 0.1) is 0 Å². The summed E-state index contributed by atoms with van der Waals surface area (Å²) >= 11 is -2.02. The van der Waals surface area contributed by atoms with Gasteiger partial charge in [-0.05, 0) is 0 Å². The molecule has 3 N–H and O–H groups in total. The molecule has 0 spiro atoms. The molecule has 0 rings (SSSR count). The molecule has 0 amide bonds. The molecule has 0 fully saturated rings. The van der Waals surface area contributed by atoms with Crippen molar-refractivity contribution in [1.29, 1.82) is 0 Å². The van der Waals surface area contributed by atoms with Gasteiger partial charge in [0, 0.05) is 0 Å². The van der Waals surface area contributed by atoms with E-state index in [1.54, 1.807) is 0 Å². The number of nitrogens with two attached hydrogens (primary N) is 1. The molecule has 49 valence electrons. The number of hydrogen-bond donors (Lipinski definition) is 2. The van der Waals surface area contributed by atoms with E-state index in [2.05, 4.69) is 3.54 Å². The molecule has 5 heteroatoms. The molecule has 0 bridgehead atoms. The maximum atomic E-state index is 5.52. The Bertz CT molecular complexity index is 52.5. The first-order chi connectivity index (χ1) is 3.77. The van der Waals surface area contributed by atoms with Crippen LogP contribution in [0.15, 0.2) is 0 Å². The molecule has 8 heavy (non-hydrogen) atoms. The Kier molecular flexibility index (Phi) is 7.46. The minimum atomic E-state index is -2.02. The van der Waals surface area contributed by atoms with E-state index in [0.29, 0.717) is 6.54 Å². The van der Waals surface area contributed by atoms with Gasteiger partial charge in [0.1, 0.15) is 0 Å². The van der Waals surface area contributed by atoms with E-state index in [0.717, 1.165) is 13.0 Å². The molecular formula is C3H9Cl2N2Sn. The van der Waals surface area contributed by atoms with Crippen LogP contribution in [0.3, 0.4) is 0 Å². The fraction of sp³-hybridized carbons (Fsp3) is 1.00. The Balaban J connectivity index is 2.72. The van der Waals surface area contributed by atoms with Crippen molar-refractivity contribution >= 4 is 35.6 Å². The maximum absolute atomic E-state index is 5.52. The van der Waals surface area contributed by atoms with Gasteiger partial charge in [-0.25, -0.2) is 0 Å². The number of rotatable bonds is 4. The number of hydrogen-bond acceptors (Lipinski definition) is 2. The zero-order valence-corrected chi connectivity index (χ0v) is 8.82. The third-order valence-electron chi connectivity index (χ3n) is 0.640. The molecule has 2 nitrogen and oxygen atoms in total. The summed E-state index contributed by atoms with van der Waals surface area (Å²) in [5, 5.41) is 0. The molecule has 0 unspecified atom stereocenters. The molecular weight excluding hydrogens is 254 g/mol. The van der Waals surface area contributed by atoms with Gasteiger partial charge >= 0.3 is 64.4 Å². The third kappa shape index (κ3) is 7.30. The Hall–Kier alpha value is 1.30. The van der Waals surface area contributed by atoms with Crippen molar-refractivity contribution in [1.82, 2.24) is 3.54 Å². The van der Waals surface area contributed by atoms with Crippen LogP contribution in [-0.2, 0) is 0 Å².